The first-order valence-electron chi connectivity index (χ1n) is 23.5. The minimum atomic E-state index is -0.467. The van der Waals surface area contributed by atoms with E-state index in [9.17, 15) is 0 Å². The van der Waals surface area contributed by atoms with Gasteiger partial charge in [-0.2, -0.15) is 0 Å². The highest BCUT2D eigenvalue weighted by Gasteiger charge is 2.51. The molecule has 2 aromatic heterocycles. The van der Waals surface area contributed by atoms with Gasteiger partial charge in [0.15, 0.2) is 11.6 Å². The molecule has 68 heavy (non-hydrogen) atoms. The zero-order chi connectivity index (χ0) is 44.8. The van der Waals surface area contributed by atoms with Crippen LogP contribution in [0.2, 0.25) is 0 Å². The molecule has 0 N–H and O–H groups in total. The maximum absolute atomic E-state index is 5.41. The number of benzene rings is 9. The van der Waals surface area contributed by atoms with E-state index in [1.54, 1.807) is 0 Å². The molecule has 0 radical (unpaired) electrons. The average Bonchev–Trinajstić information content (AvgIpc) is 4.03. The van der Waals surface area contributed by atoms with Crippen molar-refractivity contribution >= 4 is 21.8 Å². The van der Waals surface area contributed by atoms with E-state index >= 15 is 0 Å². The summed E-state index contributed by atoms with van der Waals surface area (Å²) in [4.78, 5) is 16.1. The number of hydrogen-bond acceptors (Lipinski definition) is 3. The zero-order valence-electron chi connectivity index (χ0n) is 37.1. The highest BCUT2D eigenvalue weighted by Crippen LogP contribution is 2.63. The van der Waals surface area contributed by atoms with E-state index < -0.39 is 5.41 Å². The van der Waals surface area contributed by atoms with E-state index in [2.05, 4.69) is 241 Å². The third-order valence-corrected chi connectivity index (χ3v) is 14.6. The van der Waals surface area contributed by atoms with Crippen molar-refractivity contribution in [3.05, 3.63) is 265 Å². The van der Waals surface area contributed by atoms with Crippen molar-refractivity contribution in [3.63, 3.8) is 0 Å². The lowest BCUT2D eigenvalue weighted by Gasteiger charge is -2.30. The molecule has 1 spiro atoms. The van der Waals surface area contributed by atoms with Crippen molar-refractivity contribution in [3.8, 4) is 73.0 Å². The van der Waals surface area contributed by atoms with Crippen molar-refractivity contribution < 1.29 is 0 Å². The van der Waals surface area contributed by atoms with E-state index in [1.807, 2.05) is 0 Å². The second-order valence-electron chi connectivity index (χ2n) is 18.2. The van der Waals surface area contributed by atoms with Gasteiger partial charge in [0, 0.05) is 33.5 Å². The van der Waals surface area contributed by atoms with Crippen LogP contribution in [-0.2, 0) is 5.41 Å². The predicted octanol–water partition coefficient (Wildman–Crippen LogP) is 15.6. The summed E-state index contributed by atoms with van der Waals surface area (Å²) in [5.74, 6) is 2.13. The quantitative estimate of drug-likeness (QED) is 0.167. The molecule has 3 aliphatic carbocycles. The minimum absolute atomic E-state index is 0.0268. The fourth-order valence-electron chi connectivity index (χ4n) is 11.6. The van der Waals surface area contributed by atoms with Crippen LogP contribution in [0.1, 0.15) is 40.4 Å². The SMILES string of the molecule is C1=CCC(c2nc(-c3cccc(-c4cccc5c4c4cc(-c6ccccc6)ccc4n5-c4ccccc4)c3)nc(-c3ccc4c(c3)C3(c5ccccc5-c5ccccc53)c3ccccc3-4)n2)C=C1. The number of rotatable bonds is 6. The standard InChI is InChI=1S/C64H42N4/c1-4-18-41(19-5-1)43-35-37-58-53(39-43)60-48(29-17-33-59(60)68(58)47-24-8-3-9-25-47)44-22-16-23-45(38-44)62-65-61(42-20-6-2-7-21-42)66-63(67-62)46-34-36-52-51-28-12-15-32-56(51)64(57(52)40-46)54-30-13-10-26-49(54)50-27-11-14-31-55(50)64/h1-20,22-40,42H,21H2. The Morgan fingerprint density at radius 3 is 1.66 bits per heavy atom. The molecule has 4 nitrogen and oxygen atoms in total. The maximum atomic E-state index is 5.41. The van der Waals surface area contributed by atoms with Gasteiger partial charge in [-0.1, -0.05) is 194 Å². The van der Waals surface area contributed by atoms with Crippen LogP contribution < -0.4 is 0 Å². The van der Waals surface area contributed by atoms with Gasteiger partial charge in [0.2, 0.25) is 0 Å². The number of para-hydroxylation sites is 1. The van der Waals surface area contributed by atoms with Gasteiger partial charge in [-0.25, -0.2) is 15.0 Å². The van der Waals surface area contributed by atoms with Gasteiger partial charge in [0.05, 0.1) is 16.4 Å². The molecule has 0 saturated heterocycles. The van der Waals surface area contributed by atoms with Crippen LogP contribution in [0.25, 0.3) is 94.8 Å². The van der Waals surface area contributed by atoms with Crippen molar-refractivity contribution in [1.29, 1.82) is 0 Å². The van der Waals surface area contributed by atoms with E-state index in [-0.39, 0.29) is 5.92 Å². The van der Waals surface area contributed by atoms with Crippen molar-refractivity contribution in [2.24, 2.45) is 0 Å². The largest absolute Gasteiger partial charge is 0.309 e. The molecule has 14 rings (SSSR count). The van der Waals surface area contributed by atoms with Gasteiger partial charge in [-0.3, -0.25) is 0 Å². The van der Waals surface area contributed by atoms with Crippen LogP contribution in [0.15, 0.2) is 237 Å². The first-order chi connectivity index (χ1) is 33.7. The summed E-state index contributed by atoms with van der Waals surface area (Å²) < 4.78 is 2.39. The molecule has 4 heteroatoms. The first-order valence-corrected chi connectivity index (χ1v) is 23.5. The van der Waals surface area contributed by atoms with Gasteiger partial charge in [-0.15, -0.1) is 0 Å². The Balaban J connectivity index is 0.952. The number of hydrogen-bond donors (Lipinski definition) is 0. The van der Waals surface area contributed by atoms with Crippen molar-refractivity contribution in [1.82, 2.24) is 19.5 Å². The average molecular weight is 867 g/mol. The Bertz CT molecular complexity index is 3830. The van der Waals surface area contributed by atoms with Crippen LogP contribution in [0.4, 0.5) is 0 Å². The molecule has 0 fully saturated rings. The maximum Gasteiger partial charge on any atom is 0.163 e. The highest BCUT2D eigenvalue weighted by atomic mass is 15.0. The van der Waals surface area contributed by atoms with Gasteiger partial charge in [0.1, 0.15) is 5.82 Å². The number of fused-ring (bicyclic) bond motifs is 13. The summed E-state index contributed by atoms with van der Waals surface area (Å²) in [6.07, 6.45) is 9.46. The van der Waals surface area contributed by atoms with E-state index in [4.69, 9.17) is 15.0 Å². The molecular formula is C64H42N4. The predicted molar refractivity (Wildman–Crippen MR) is 278 cm³/mol. The van der Waals surface area contributed by atoms with Gasteiger partial charge in [0.25, 0.3) is 0 Å². The Morgan fingerprint density at radius 1 is 0.397 bits per heavy atom. The zero-order valence-corrected chi connectivity index (χ0v) is 37.1. The van der Waals surface area contributed by atoms with E-state index in [0.29, 0.717) is 11.6 Å². The van der Waals surface area contributed by atoms with Crippen LogP contribution in [-0.4, -0.2) is 19.5 Å². The molecule has 1 atom stereocenters. The van der Waals surface area contributed by atoms with Crippen molar-refractivity contribution in [2.45, 2.75) is 17.8 Å². The molecule has 0 saturated carbocycles. The fourth-order valence-corrected chi connectivity index (χ4v) is 11.6. The Labute approximate surface area is 394 Å². The third-order valence-electron chi connectivity index (χ3n) is 14.6. The second kappa shape index (κ2) is 15.2. The Morgan fingerprint density at radius 2 is 0.971 bits per heavy atom. The summed E-state index contributed by atoms with van der Waals surface area (Å²) in [5, 5.41) is 2.41. The summed E-state index contributed by atoms with van der Waals surface area (Å²) in [6.45, 7) is 0. The first kappa shape index (κ1) is 38.5. The van der Waals surface area contributed by atoms with Crippen molar-refractivity contribution in [2.75, 3.05) is 0 Å². The molecule has 3 aliphatic rings. The lowest BCUT2D eigenvalue weighted by Crippen LogP contribution is -2.25. The van der Waals surface area contributed by atoms with Gasteiger partial charge < -0.3 is 4.57 Å². The van der Waals surface area contributed by atoms with E-state index in [1.165, 1.54) is 71.9 Å². The minimum Gasteiger partial charge on any atom is -0.309 e. The third kappa shape index (κ3) is 5.71. The summed E-state index contributed by atoms with van der Waals surface area (Å²) in [6, 6.07) is 77.4. The topological polar surface area (TPSA) is 43.6 Å². The molecule has 9 aromatic carbocycles. The molecule has 2 heterocycles. The summed E-state index contributed by atoms with van der Waals surface area (Å²) in [7, 11) is 0. The number of nitrogens with zero attached hydrogens (tertiary/aromatic N) is 4. The molecule has 11 aromatic rings. The van der Waals surface area contributed by atoms with Crippen LogP contribution in [0, 0.1) is 0 Å². The molecule has 0 aliphatic heterocycles. The molecular weight excluding hydrogens is 825 g/mol. The van der Waals surface area contributed by atoms with Gasteiger partial charge >= 0.3 is 0 Å². The normalized spacial score (nSPS) is 14.9. The molecule has 0 bridgehead atoms. The fraction of sp³-hybridized carbons (Fsp3) is 0.0469. The van der Waals surface area contributed by atoms with Crippen LogP contribution >= 0.6 is 0 Å². The number of aromatic nitrogens is 4. The highest BCUT2D eigenvalue weighted by molar-refractivity contribution is 6.16. The summed E-state index contributed by atoms with van der Waals surface area (Å²) >= 11 is 0. The van der Waals surface area contributed by atoms with Gasteiger partial charge in [-0.05, 0) is 116 Å². The van der Waals surface area contributed by atoms with Crippen LogP contribution in [0.3, 0.4) is 0 Å². The van der Waals surface area contributed by atoms with E-state index in [0.717, 1.165) is 45.7 Å². The lowest BCUT2D eigenvalue weighted by molar-refractivity contribution is 0.763. The Kier molecular flexibility index (Phi) is 8.59. The Hall–Kier alpha value is -8.73. The lowest BCUT2D eigenvalue weighted by atomic mass is 9.70. The monoisotopic (exact) mass is 866 g/mol. The molecule has 1 unspecified atom stereocenters. The molecule has 0 amide bonds. The molecule has 318 valence electrons. The second-order valence-corrected chi connectivity index (χ2v) is 18.2. The van der Waals surface area contributed by atoms with Crippen LogP contribution in [0.5, 0.6) is 0 Å². The number of allylic oxidation sites excluding steroid dienone is 4. The summed E-state index contributed by atoms with van der Waals surface area (Å²) in [5.41, 5.74) is 19.8. The smallest absolute Gasteiger partial charge is 0.163 e.